The summed E-state index contributed by atoms with van der Waals surface area (Å²) in [6.45, 7) is 5.26. The van der Waals surface area contributed by atoms with E-state index in [1.54, 1.807) is 24.3 Å². The maximum Gasteiger partial charge on any atom is 0.307 e. The molecule has 30 heavy (non-hydrogen) atoms. The zero-order chi connectivity index (χ0) is 21.1. The van der Waals surface area contributed by atoms with Gasteiger partial charge in [0.2, 0.25) is 0 Å². The van der Waals surface area contributed by atoms with Gasteiger partial charge in [-0.15, -0.1) is 0 Å². The van der Waals surface area contributed by atoms with Gasteiger partial charge in [0.25, 0.3) is 0 Å². The third-order valence-corrected chi connectivity index (χ3v) is 5.27. The van der Waals surface area contributed by atoms with Crippen LogP contribution in [-0.4, -0.2) is 20.6 Å². The highest BCUT2D eigenvalue weighted by molar-refractivity contribution is 5.78. The van der Waals surface area contributed by atoms with Crippen molar-refractivity contribution in [1.29, 1.82) is 0 Å². The molecule has 0 fully saturated rings. The van der Waals surface area contributed by atoms with Crippen LogP contribution in [0.3, 0.4) is 0 Å². The maximum absolute atomic E-state index is 10.8. The van der Waals surface area contributed by atoms with Crippen LogP contribution >= 0.6 is 0 Å². The van der Waals surface area contributed by atoms with Crippen LogP contribution in [0.1, 0.15) is 28.1 Å². The molecular weight excluding hydrogens is 376 g/mol. The molecule has 0 bridgehead atoms. The molecule has 0 aliphatic carbocycles. The van der Waals surface area contributed by atoms with Gasteiger partial charge in [0.05, 0.1) is 17.5 Å². The van der Waals surface area contributed by atoms with Gasteiger partial charge in [-0.3, -0.25) is 4.79 Å². The SMILES string of the molecule is Cc1cc2nc(COc3ccc(CC(=O)O)cc3)n(Cc3ccccc3)c2cc1C. The van der Waals surface area contributed by atoms with E-state index in [1.807, 2.05) is 18.2 Å². The first-order valence-corrected chi connectivity index (χ1v) is 9.93. The molecule has 0 unspecified atom stereocenters. The van der Waals surface area contributed by atoms with E-state index in [-0.39, 0.29) is 6.42 Å². The van der Waals surface area contributed by atoms with E-state index in [9.17, 15) is 4.79 Å². The number of carboxylic acid groups (broad SMARTS) is 1. The van der Waals surface area contributed by atoms with Crippen molar-refractivity contribution < 1.29 is 14.6 Å². The molecular formula is C25H24N2O3. The molecule has 1 heterocycles. The first-order valence-electron chi connectivity index (χ1n) is 9.93. The molecule has 0 aliphatic rings. The minimum Gasteiger partial charge on any atom is -0.486 e. The average Bonchev–Trinajstić information content (AvgIpc) is 3.04. The lowest BCUT2D eigenvalue weighted by atomic mass is 10.1. The van der Waals surface area contributed by atoms with Crippen LogP contribution < -0.4 is 4.74 Å². The molecule has 0 spiro atoms. The number of hydrogen-bond acceptors (Lipinski definition) is 3. The second-order valence-electron chi connectivity index (χ2n) is 7.53. The summed E-state index contributed by atoms with van der Waals surface area (Å²) in [6, 6.07) is 21.8. The van der Waals surface area contributed by atoms with Crippen LogP contribution in [0.15, 0.2) is 66.7 Å². The molecule has 4 aromatic rings. The van der Waals surface area contributed by atoms with Gasteiger partial charge in [0.15, 0.2) is 0 Å². The van der Waals surface area contributed by atoms with E-state index in [1.165, 1.54) is 16.7 Å². The number of fused-ring (bicyclic) bond motifs is 1. The number of rotatable bonds is 7. The Morgan fingerprint density at radius 1 is 0.967 bits per heavy atom. The highest BCUT2D eigenvalue weighted by Gasteiger charge is 2.13. The maximum atomic E-state index is 10.8. The van der Waals surface area contributed by atoms with E-state index in [0.29, 0.717) is 12.4 Å². The van der Waals surface area contributed by atoms with Gasteiger partial charge in [-0.2, -0.15) is 0 Å². The molecule has 1 N–H and O–H groups in total. The molecule has 0 radical (unpaired) electrons. The van der Waals surface area contributed by atoms with E-state index < -0.39 is 5.97 Å². The molecule has 5 nitrogen and oxygen atoms in total. The van der Waals surface area contributed by atoms with E-state index in [4.69, 9.17) is 14.8 Å². The Hall–Kier alpha value is -3.60. The Bertz CT molecular complexity index is 1180. The van der Waals surface area contributed by atoms with Crippen molar-refractivity contribution in [2.45, 2.75) is 33.4 Å². The minimum absolute atomic E-state index is 0.00581. The second-order valence-corrected chi connectivity index (χ2v) is 7.53. The van der Waals surface area contributed by atoms with Crippen LogP contribution in [0, 0.1) is 13.8 Å². The van der Waals surface area contributed by atoms with Gasteiger partial charge in [0, 0.05) is 6.54 Å². The minimum atomic E-state index is -0.844. The predicted molar refractivity (Wildman–Crippen MR) is 117 cm³/mol. The number of ether oxygens (including phenoxy) is 1. The van der Waals surface area contributed by atoms with Crippen molar-refractivity contribution in [3.8, 4) is 5.75 Å². The lowest BCUT2D eigenvalue weighted by Crippen LogP contribution is -2.08. The van der Waals surface area contributed by atoms with Gasteiger partial charge in [0.1, 0.15) is 18.2 Å². The highest BCUT2D eigenvalue weighted by atomic mass is 16.5. The number of aromatic nitrogens is 2. The molecule has 3 aromatic carbocycles. The largest absolute Gasteiger partial charge is 0.486 e. The summed E-state index contributed by atoms with van der Waals surface area (Å²) in [4.78, 5) is 15.7. The number of benzene rings is 3. The number of aliphatic carboxylic acids is 1. The third kappa shape index (κ3) is 4.35. The molecule has 4 rings (SSSR count). The van der Waals surface area contributed by atoms with E-state index >= 15 is 0 Å². The number of hydrogen-bond donors (Lipinski definition) is 1. The van der Waals surface area contributed by atoms with Crippen LogP contribution in [0.2, 0.25) is 0 Å². The van der Waals surface area contributed by atoms with Crippen LogP contribution in [0.5, 0.6) is 5.75 Å². The van der Waals surface area contributed by atoms with Crippen LogP contribution in [-0.2, 0) is 24.4 Å². The van der Waals surface area contributed by atoms with E-state index in [2.05, 4.69) is 42.7 Å². The van der Waals surface area contributed by atoms with Gasteiger partial charge in [-0.25, -0.2) is 4.98 Å². The first kappa shape index (κ1) is 19.7. The quantitative estimate of drug-likeness (QED) is 0.479. The standard InChI is InChI=1S/C25H24N2O3/c1-17-12-22-23(13-18(17)2)27(15-20-6-4-3-5-7-20)24(26-22)16-30-21-10-8-19(9-11-21)14-25(28)29/h3-13H,14-16H2,1-2H3,(H,28,29). The Labute approximate surface area is 175 Å². The summed E-state index contributed by atoms with van der Waals surface area (Å²) >= 11 is 0. The Morgan fingerprint density at radius 2 is 1.67 bits per heavy atom. The molecule has 152 valence electrons. The Balaban J connectivity index is 1.62. The highest BCUT2D eigenvalue weighted by Crippen LogP contribution is 2.23. The fourth-order valence-electron chi connectivity index (χ4n) is 3.51. The van der Waals surface area contributed by atoms with Crippen molar-refractivity contribution in [1.82, 2.24) is 9.55 Å². The normalized spacial score (nSPS) is 11.0. The average molecular weight is 400 g/mol. The monoisotopic (exact) mass is 400 g/mol. The third-order valence-electron chi connectivity index (χ3n) is 5.27. The number of imidazole rings is 1. The van der Waals surface area contributed by atoms with Gasteiger partial charge in [-0.05, 0) is 60.4 Å². The molecule has 0 atom stereocenters. The zero-order valence-corrected chi connectivity index (χ0v) is 17.1. The van der Waals surface area contributed by atoms with Crippen LogP contribution in [0.25, 0.3) is 11.0 Å². The summed E-state index contributed by atoms with van der Waals surface area (Å²) < 4.78 is 8.19. The van der Waals surface area contributed by atoms with Crippen molar-refractivity contribution in [2.75, 3.05) is 0 Å². The van der Waals surface area contributed by atoms with Crippen molar-refractivity contribution in [2.24, 2.45) is 0 Å². The van der Waals surface area contributed by atoms with Crippen LogP contribution in [0.4, 0.5) is 0 Å². The van der Waals surface area contributed by atoms with Gasteiger partial charge >= 0.3 is 5.97 Å². The zero-order valence-electron chi connectivity index (χ0n) is 17.1. The Morgan fingerprint density at radius 3 is 2.37 bits per heavy atom. The van der Waals surface area contributed by atoms with Gasteiger partial charge in [-0.1, -0.05) is 42.5 Å². The predicted octanol–water partition coefficient (Wildman–Crippen LogP) is 4.91. The summed E-state index contributed by atoms with van der Waals surface area (Å²) in [7, 11) is 0. The van der Waals surface area contributed by atoms with Crippen molar-refractivity contribution >= 4 is 17.0 Å². The topological polar surface area (TPSA) is 64.3 Å². The van der Waals surface area contributed by atoms with Crippen molar-refractivity contribution in [3.63, 3.8) is 0 Å². The lowest BCUT2D eigenvalue weighted by Gasteiger charge is -2.11. The smallest absolute Gasteiger partial charge is 0.307 e. The Kier molecular flexibility index (Phi) is 5.53. The number of nitrogens with zero attached hydrogens (tertiary/aromatic N) is 2. The molecule has 0 saturated carbocycles. The lowest BCUT2D eigenvalue weighted by molar-refractivity contribution is -0.136. The molecule has 0 amide bonds. The first-order chi connectivity index (χ1) is 14.5. The number of carboxylic acids is 1. The second kappa shape index (κ2) is 8.41. The summed E-state index contributed by atoms with van der Waals surface area (Å²) in [5, 5.41) is 8.91. The molecule has 5 heteroatoms. The van der Waals surface area contributed by atoms with Crippen molar-refractivity contribution in [3.05, 3.63) is 94.8 Å². The number of aryl methyl sites for hydroxylation is 2. The molecule has 0 saturated heterocycles. The fourth-order valence-corrected chi connectivity index (χ4v) is 3.51. The summed E-state index contributed by atoms with van der Waals surface area (Å²) in [6.07, 6.45) is 0.00581. The summed E-state index contributed by atoms with van der Waals surface area (Å²) in [5.74, 6) is 0.701. The molecule has 0 aliphatic heterocycles. The van der Waals surface area contributed by atoms with E-state index in [0.717, 1.165) is 29.0 Å². The number of carbonyl (C=O) groups is 1. The van der Waals surface area contributed by atoms with Gasteiger partial charge < -0.3 is 14.4 Å². The fraction of sp³-hybridized carbons (Fsp3) is 0.200. The molecule has 1 aromatic heterocycles. The summed E-state index contributed by atoms with van der Waals surface area (Å²) in [5.41, 5.74) is 6.46.